The van der Waals surface area contributed by atoms with Crippen molar-refractivity contribution < 1.29 is 0 Å². The molecule has 3 nitrogen and oxygen atoms in total. The molecule has 2 rings (SSSR count). The van der Waals surface area contributed by atoms with Gasteiger partial charge in [0.2, 0.25) is 0 Å². The first-order chi connectivity index (χ1) is 7.16. The molecule has 0 aromatic rings. The zero-order valence-corrected chi connectivity index (χ0v) is 10.2. The van der Waals surface area contributed by atoms with Crippen molar-refractivity contribution in [3.63, 3.8) is 0 Å². The van der Waals surface area contributed by atoms with Crippen LogP contribution in [-0.2, 0) is 0 Å². The van der Waals surface area contributed by atoms with E-state index >= 15 is 0 Å². The number of piperidine rings is 1. The van der Waals surface area contributed by atoms with E-state index in [4.69, 9.17) is 5.73 Å². The first-order valence-corrected chi connectivity index (χ1v) is 6.31. The summed E-state index contributed by atoms with van der Waals surface area (Å²) in [5.74, 6) is 0.838. The number of rotatable bonds is 4. The summed E-state index contributed by atoms with van der Waals surface area (Å²) in [7, 11) is 4.38. The van der Waals surface area contributed by atoms with Crippen LogP contribution in [0.1, 0.15) is 25.7 Å². The molecule has 0 aromatic heterocycles. The fourth-order valence-corrected chi connectivity index (χ4v) is 2.59. The lowest BCUT2D eigenvalue weighted by Crippen LogP contribution is -2.49. The second kappa shape index (κ2) is 4.81. The number of nitrogens with two attached hydrogens (primary N) is 1. The lowest BCUT2D eigenvalue weighted by atomic mass is 10.0. The van der Waals surface area contributed by atoms with Crippen molar-refractivity contribution in [2.75, 3.05) is 33.7 Å². The molecule has 88 valence electrons. The van der Waals surface area contributed by atoms with E-state index in [2.05, 4.69) is 23.9 Å². The van der Waals surface area contributed by atoms with Crippen molar-refractivity contribution in [1.82, 2.24) is 9.80 Å². The van der Waals surface area contributed by atoms with Crippen molar-refractivity contribution in [2.45, 2.75) is 37.8 Å². The Kier molecular flexibility index (Phi) is 3.65. The van der Waals surface area contributed by atoms with Crippen LogP contribution in [0.3, 0.4) is 0 Å². The smallest absolute Gasteiger partial charge is 0.0217 e. The van der Waals surface area contributed by atoms with E-state index in [-0.39, 0.29) is 0 Å². The van der Waals surface area contributed by atoms with E-state index in [0.717, 1.165) is 18.5 Å². The molecule has 2 fully saturated rings. The summed E-state index contributed by atoms with van der Waals surface area (Å²) in [6.07, 6.45) is 5.42. The van der Waals surface area contributed by atoms with Gasteiger partial charge in [0.05, 0.1) is 0 Å². The predicted octanol–water partition coefficient (Wildman–Crippen LogP) is 0.750. The lowest BCUT2D eigenvalue weighted by molar-refractivity contribution is 0.125. The van der Waals surface area contributed by atoms with E-state index in [0.29, 0.717) is 6.04 Å². The van der Waals surface area contributed by atoms with Crippen LogP contribution in [0.2, 0.25) is 0 Å². The maximum atomic E-state index is 6.18. The van der Waals surface area contributed by atoms with E-state index in [9.17, 15) is 0 Å². The molecule has 0 bridgehead atoms. The van der Waals surface area contributed by atoms with Crippen molar-refractivity contribution in [2.24, 2.45) is 11.7 Å². The molecule has 15 heavy (non-hydrogen) atoms. The Hall–Kier alpha value is -0.120. The Labute approximate surface area is 93.6 Å². The molecule has 1 saturated heterocycles. The van der Waals surface area contributed by atoms with Crippen molar-refractivity contribution >= 4 is 0 Å². The molecule has 0 amide bonds. The minimum Gasteiger partial charge on any atom is -0.326 e. The Morgan fingerprint density at radius 3 is 2.67 bits per heavy atom. The van der Waals surface area contributed by atoms with Gasteiger partial charge in [-0.2, -0.15) is 0 Å². The molecular weight excluding hydrogens is 186 g/mol. The topological polar surface area (TPSA) is 32.5 Å². The van der Waals surface area contributed by atoms with Gasteiger partial charge in [-0.1, -0.05) is 0 Å². The third kappa shape index (κ3) is 3.16. The summed E-state index contributed by atoms with van der Waals surface area (Å²) < 4.78 is 0. The summed E-state index contributed by atoms with van der Waals surface area (Å²) in [6.45, 7) is 3.59. The molecule has 0 spiro atoms. The van der Waals surface area contributed by atoms with Crippen molar-refractivity contribution in [3.05, 3.63) is 0 Å². The number of likely N-dealkylation sites (tertiary alicyclic amines) is 1. The van der Waals surface area contributed by atoms with Gasteiger partial charge in [0.25, 0.3) is 0 Å². The average Bonchev–Trinajstić information content (AvgIpc) is 3.01. The van der Waals surface area contributed by atoms with Gasteiger partial charge >= 0.3 is 0 Å². The average molecular weight is 211 g/mol. The standard InChI is InChI=1S/C12H25N3/c1-14(2)11-4-3-7-15(8-11)9-12(13)10-5-6-10/h10-12H,3-9,13H2,1-2H3. The van der Waals surface area contributed by atoms with Crippen LogP contribution in [0.4, 0.5) is 0 Å². The molecule has 3 heteroatoms. The normalized spacial score (nSPS) is 30.8. The number of nitrogens with zero attached hydrogens (tertiary/aromatic N) is 2. The second-order valence-corrected chi connectivity index (χ2v) is 5.52. The highest BCUT2D eigenvalue weighted by Gasteiger charge is 2.31. The highest BCUT2D eigenvalue weighted by atomic mass is 15.2. The first kappa shape index (κ1) is 11.4. The van der Waals surface area contributed by atoms with Gasteiger partial charge < -0.3 is 15.5 Å². The SMILES string of the molecule is CN(C)C1CCCN(CC(N)C2CC2)C1. The third-order valence-electron chi connectivity index (χ3n) is 3.91. The molecular formula is C12H25N3. The van der Waals surface area contributed by atoms with Gasteiger partial charge in [0, 0.05) is 25.2 Å². The van der Waals surface area contributed by atoms with E-state index in [1.54, 1.807) is 0 Å². The highest BCUT2D eigenvalue weighted by molar-refractivity contribution is 4.88. The van der Waals surface area contributed by atoms with Crippen LogP contribution in [0.25, 0.3) is 0 Å². The van der Waals surface area contributed by atoms with Crippen LogP contribution < -0.4 is 5.73 Å². The predicted molar refractivity (Wildman–Crippen MR) is 63.8 cm³/mol. The van der Waals surface area contributed by atoms with Gasteiger partial charge in [0.15, 0.2) is 0 Å². The van der Waals surface area contributed by atoms with Gasteiger partial charge in [0.1, 0.15) is 0 Å². The van der Waals surface area contributed by atoms with Gasteiger partial charge in [-0.3, -0.25) is 0 Å². The molecule has 2 atom stereocenters. The minimum absolute atomic E-state index is 0.436. The summed E-state index contributed by atoms with van der Waals surface area (Å²) in [5, 5.41) is 0. The van der Waals surface area contributed by atoms with Crippen LogP contribution in [-0.4, -0.2) is 55.6 Å². The van der Waals surface area contributed by atoms with Gasteiger partial charge in [-0.25, -0.2) is 0 Å². The zero-order chi connectivity index (χ0) is 10.8. The third-order valence-corrected chi connectivity index (χ3v) is 3.91. The largest absolute Gasteiger partial charge is 0.326 e. The second-order valence-electron chi connectivity index (χ2n) is 5.52. The first-order valence-electron chi connectivity index (χ1n) is 6.31. The Balaban J connectivity index is 1.76. The Bertz CT molecular complexity index is 199. The molecule has 1 aliphatic heterocycles. The monoisotopic (exact) mass is 211 g/mol. The molecule has 1 heterocycles. The summed E-state index contributed by atoms with van der Waals surface area (Å²) in [6, 6.07) is 1.18. The number of hydrogen-bond acceptors (Lipinski definition) is 3. The molecule has 0 radical (unpaired) electrons. The summed E-state index contributed by atoms with van der Waals surface area (Å²) in [4.78, 5) is 4.92. The van der Waals surface area contributed by atoms with Gasteiger partial charge in [-0.15, -0.1) is 0 Å². The number of hydrogen-bond donors (Lipinski definition) is 1. The van der Waals surface area contributed by atoms with Crippen molar-refractivity contribution in [1.29, 1.82) is 0 Å². The summed E-state index contributed by atoms with van der Waals surface area (Å²) in [5.41, 5.74) is 6.18. The fourth-order valence-electron chi connectivity index (χ4n) is 2.59. The molecule has 1 saturated carbocycles. The lowest BCUT2D eigenvalue weighted by Gasteiger charge is -2.37. The van der Waals surface area contributed by atoms with Gasteiger partial charge in [-0.05, 0) is 52.2 Å². The highest BCUT2D eigenvalue weighted by Crippen LogP contribution is 2.32. The zero-order valence-electron chi connectivity index (χ0n) is 10.2. The van der Waals surface area contributed by atoms with E-state index in [1.807, 2.05) is 0 Å². The quantitative estimate of drug-likeness (QED) is 0.745. The molecule has 2 N–H and O–H groups in total. The maximum absolute atomic E-state index is 6.18. The fraction of sp³-hybridized carbons (Fsp3) is 1.00. The maximum Gasteiger partial charge on any atom is 0.0217 e. The van der Waals surface area contributed by atoms with Crippen LogP contribution in [0.5, 0.6) is 0 Å². The molecule has 1 aliphatic carbocycles. The Morgan fingerprint density at radius 2 is 2.07 bits per heavy atom. The van der Waals surface area contributed by atoms with Crippen molar-refractivity contribution in [3.8, 4) is 0 Å². The molecule has 2 unspecified atom stereocenters. The minimum atomic E-state index is 0.436. The Morgan fingerprint density at radius 1 is 1.33 bits per heavy atom. The summed E-state index contributed by atoms with van der Waals surface area (Å²) >= 11 is 0. The number of likely N-dealkylation sites (N-methyl/N-ethyl adjacent to an activating group) is 1. The van der Waals surface area contributed by atoms with Crippen LogP contribution in [0, 0.1) is 5.92 Å². The van der Waals surface area contributed by atoms with Crippen LogP contribution in [0.15, 0.2) is 0 Å². The molecule has 0 aromatic carbocycles. The molecule has 2 aliphatic rings. The van der Waals surface area contributed by atoms with Crippen LogP contribution >= 0.6 is 0 Å². The van der Waals surface area contributed by atoms with E-state index < -0.39 is 0 Å². The van der Waals surface area contributed by atoms with E-state index in [1.165, 1.54) is 38.8 Å².